The lowest BCUT2D eigenvalue weighted by atomic mass is 10.1. The predicted octanol–water partition coefficient (Wildman–Crippen LogP) is 4.63. The molecule has 0 spiro atoms. The zero-order valence-electron chi connectivity index (χ0n) is 25.4. The molecule has 0 saturated heterocycles. The molecule has 0 aliphatic carbocycles. The average molecular weight is 575 g/mol. The minimum Gasteiger partial charge on any atom is -0.481 e. The van der Waals surface area contributed by atoms with E-state index < -0.39 is 30.2 Å². The van der Waals surface area contributed by atoms with E-state index in [0.29, 0.717) is 39.6 Å². The van der Waals surface area contributed by atoms with Crippen molar-refractivity contribution in [2.75, 3.05) is 59.4 Å². The molecule has 0 fully saturated rings. The van der Waals surface area contributed by atoms with Crippen LogP contribution in [0.1, 0.15) is 110 Å². The van der Waals surface area contributed by atoms with E-state index in [-0.39, 0.29) is 13.2 Å². The van der Waals surface area contributed by atoms with E-state index in [0.717, 1.165) is 38.7 Å². The van der Waals surface area contributed by atoms with E-state index in [1.807, 2.05) is 0 Å². The number of unbranched alkanes of at least 4 members (excludes halogenated alkanes) is 12. The lowest BCUT2D eigenvalue weighted by molar-refractivity contribution is -0.141. The van der Waals surface area contributed by atoms with Gasteiger partial charge < -0.3 is 34.7 Å². The predicted molar refractivity (Wildman–Crippen MR) is 156 cm³/mol. The molecule has 0 saturated carbocycles. The Labute approximate surface area is 242 Å². The third-order valence-corrected chi connectivity index (χ3v) is 6.35. The summed E-state index contributed by atoms with van der Waals surface area (Å²) in [5.74, 6) is -2.19. The SMILES string of the molecule is CCCCCCCCCCCCCCNC(=O)C(CC(=O)O)NC(=O)COCCOCCOCCOCCCC. The van der Waals surface area contributed by atoms with Crippen LogP contribution in [0.3, 0.4) is 0 Å². The maximum atomic E-state index is 12.4. The highest BCUT2D eigenvalue weighted by atomic mass is 16.6. The summed E-state index contributed by atoms with van der Waals surface area (Å²) in [6.45, 7) is 7.72. The van der Waals surface area contributed by atoms with Crippen LogP contribution in [0.25, 0.3) is 0 Å². The monoisotopic (exact) mass is 574 g/mol. The first kappa shape index (κ1) is 38.2. The minimum atomic E-state index is -1.16. The molecule has 3 N–H and O–H groups in total. The molecule has 0 aliphatic heterocycles. The lowest BCUT2D eigenvalue weighted by Gasteiger charge is -2.17. The number of carboxylic acids is 1. The zero-order valence-corrected chi connectivity index (χ0v) is 25.4. The Morgan fingerprint density at radius 2 is 1.05 bits per heavy atom. The van der Waals surface area contributed by atoms with Crippen LogP contribution in [0.15, 0.2) is 0 Å². The van der Waals surface area contributed by atoms with Crippen molar-refractivity contribution in [1.29, 1.82) is 0 Å². The number of rotatable bonds is 31. The molecule has 236 valence electrons. The average Bonchev–Trinajstić information content (AvgIpc) is 2.93. The van der Waals surface area contributed by atoms with Crippen molar-refractivity contribution in [2.45, 2.75) is 116 Å². The van der Waals surface area contributed by atoms with E-state index in [9.17, 15) is 14.4 Å². The Morgan fingerprint density at radius 3 is 1.55 bits per heavy atom. The summed E-state index contributed by atoms with van der Waals surface area (Å²) in [4.78, 5) is 35.8. The van der Waals surface area contributed by atoms with Crippen LogP contribution in [-0.4, -0.2) is 88.3 Å². The van der Waals surface area contributed by atoms with Crippen molar-refractivity contribution in [2.24, 2.45) is 0 Å². The van der Waals surface area contributed by atoms with Crippen LogP contribution in [-0.2, 0) is 33.3 Å². The van der Waals surface area contributed by atoms with Gasteiger partial charge in [-0.1, -0.05) is 90.9 Å². The van der Waals surface area contributed by atoms with Gasteiger partial charge in [-0.3, -0.25) is 14.4 Å². The third kappa shape index (κ3) is 27.8. The van der Waals surface area contributed by atoms with E-state index in [2.05, 4.69) is 24.5 Å². The molecule has 0 bridgehead atoms. The van der Waals surface area contributed by atoms with Crippen LogP contribution in [0.5, 0.6) is 0 Å². The van der Waals surface area contributed by atoms with Gasteiger partial charge in [0.25, 0.3) is 0 Å². The van der Waals surface area contributed by atoms with Crippen LogP contribution >= 0.6 is 0 Å². The molecule has 0 radical (unpaired) electrons. The quantitative estimate of drug-likeness (QED) is 0.102. The summed E-state index contributed by atoms with van der Waals surface area (Å²) in [6, 6.07) is -1.13. The molecule has 2 amide bonds. The number of hydrogen-bond acceptors (Lipinski definition) is 7. The molecule has 0 aromatic rings. The van der Waals surface area contributed by atoms with Gasteiger partial charge in [0.15, 0.2) is 0 Å². The molecule has 10 heteroatoms. The van der Waals surface area contributed by atoms with Gasteiger partial charge in [0.2, 0.25) is 11.8 Å². The maximum absolute atomic E-state index is 12.4. The number of amides is 2. The Kier molecular flexibility index (Phi) is 28.9. The summed E-state index contributed by atoms with van der Waals surface area (Å²) in [7, 11) is 0. The fourth-order valence-corrected chi connectivity index (χ4v) is 3.99. The molecule has 1 unspecified atom stereocenters. The lowest BCUT2D eigenvalue weighted by Crippen LogP contribution is -2.49. The highest BCUT2D eigenvalue weighted by Crippen LogP contribution is 2.11. The Morgan fingerprint density at radius 1 is 0.600 bits per heavy atom. The molecule has 40 heavy (non-hydrogen) atoms. The Hall–Kier alpha value is -1.75. The van der Waals surface area contributed by atoms with E-state index in [4.69, 9.17) is 24.1 Å². The first-order valence-electron chi connectivity index (χ1n) is 15.6. The van der Waals surface area contributed by atoms with Gasteiger partial charge in [0.05, 0.1) is 46.1 Å². The number of carboxylic acid groups (broad SMARTS) is 1. The highest BCUT2D eigenvalue weighted by Gasteiger charge is 2.23. The highest BCUT2D eigenvalue weighted by molar-refractivity contribution is 5.90. The number of nitrogens with one attached hydrogen (secondary N) is 2. The summed E-state index contributed by atoms with van der Waals surface area (Å²) in [6.07, 6.45) is 16.4. The second-order valence-electron chi connectivity index (χ2n) is 10.1. The summed E-state index contributed by atoms with van der Waals surface area (Å²) >= 11 is 0. The number of carbonyl (C=O) groups is 3. The molecule has 0 aromatic carbocycles. The topological polar surface area (TPSA) is 132 Å². The zero-order chi connectivity index (χ0) is 29.5. The maximum Gasteiger partial charge on any atom is 0.305 e. The standard InChI is InChI=1S/C30H58N2O8/c1-3-5-7-8-9-10-11-12-13-14-15-16-17-31-30(36)27(25-29(34)35)32-28(33)26-40-24-23-39-22-21-38-20-19-37-18-6-4-2/h27H,3-26H2,1-2H3,(H,31,36)(H,32,33)(H,34,35). The molecule has 10 nitrogen and oxygen atoms in total. The molecular weight excluding hydrogens is 516 g/mol. The van der Waals surface area contributed by atoms with Crippen molar-refractivity contribution >= 4 is 17.8 Å². The van der Waals surface area contributed by atoms with Crippen molar-refractivity contribution in [3.8, 4) is 0 Å². The largest absolute Gasteiger partial charge is 0.481 e. The van der Waals surface area contributed by atoms with Gasteiger partial charge in [-0.25, -0.2) is 0 Å². The smallest absolute Gasteiger partial charge is 0.305 e. The van der Waals surface area contributed by atoms with E-state index in [1.54, 1.807) is 0 Å². The molecular formula is C30H58N2O8. The minimum absolute atomic E-state index is 0.197. The molecule has 0 rings (SSSR count). The number of carbonyl (C=O) groups excluding carboxylic acids is 2. The van der Waals surface area contributed by atoms with Crippen LogP contribution in [0.4, 0.5) is 0 Å². The van der Waals surface area contributed by atoms with E-state index >= 15 is 0 Å². The summed E-state index contributed by atoms with van der Waals surface area (Å²) in [5, 5.41) is 14.3. The van der Waals surface area contributed by atoms with E-state index in [1.165, 1.54) is 57.8 Å². The van der Waals surface area contributed by atoms with Crippen molar-refractivity contribution in [3.63, 3.8) is 0 Å². The summed E-state index contributed by atoms with van der Waals surface area (Å²) < 4.78 is 21.4. The molecule has 0 aliphatic rings. The number of aliphatic carboxylic acids is 1. The normalized spacial score (nSPS) is 11.8. The van der Waals surface area contributed by atoms with Crippen LogP contribution < -0.4 is 10.6 Å². The van der Waals surface area contributed by atoms with Crippen molar-refractivity contribution in [1.82, 2.24) is 10.6 Å². The summed E-state index contributed by atoms with van der Waals surface area (Å²) in [5.41, 5.74) is 0. The van der Waals surface area contributed by atoms with Crippen molar-refractivity contribution < 1.29 is 38.4 Å². The second-order valence-corrected chi connectivity index (χ2v) is 10.1. The number of hydrogen-bond donors (Lipinski definition) is 3. The van der Waals surface area contributed by atoms with Gasteiger partial charge in [-0.2, -0.15) is 0 Å². The first-order valence-corrected chi connectivity index (χ1v) is 15.6. The molecule has 1 atom stereocenters. The van der Waals surface area contributed by atoms with Gasteiger partial charge in [-0.05, 0) is 12.8 Å². The van der Waals surface area contributed by atoms with Crippen LogP contribution in [0, 0.1) is 0 Å². The van der Waals surface area contributed by atoms with Gasteiger partial charge in [-0.15, -0.1) is 0 Å². The second kappa shape index (κ2) is 30.2. The molecule has 0 aromatic heterocycles. The Bertz CT molecular complexity index is 606. The fraction of sp³-hybridized carbons (Fsp3) is 0.900. The number of ether oxygens (including phenoxy) is 4. The van der Waals surface area contributed by atoms with Crippen LogP contribution in [0.2, 0.25) is 0 Å². The first-order chi connectivity index (χ1) is 19.5. The van der Waals surface area contributed by atoms with Gasteiger partial charge in [0, 0.05) is 13.2 Å². The van der Waals surface area contributed by atoms with Gasteiger partial charge >= 0.3 is 5.97 Å². The third-order valence-electron chi connectivity index (χ3n) is 6.35. The Balaban J connectivity index is 3.79. The fourth-order valence-electron chi connectivity index (χ4n) is 3.99. The van der Waals surface area contributed by atoms with Gasteiger partial charge in [0.1, 0.15) is 12.6 Å². The van der Waals surface area contributed by atoms with Crippen molar-refractivity contribution in [3.05, 3.63) is 0 Å². The molecule has 0 heterocycles.